The monoisotopic (exact) mass is 214 g/mol. The Bertz CT molecular complexity index is 191. The highest BCUT2D eigenvalue weighted by molar-refractivity contribution is 5.76. The van der Waals surface area contributed by atoms with Gasteiger partial charge in [0.15, 0.2) is 0 Å². The standard InChI is InChI=1S/C11H22N2O2/c1-9(8-12)13-11(14)6-5-10-4-2-3-7-15-10/h9-10H,2-8,12H2,1H3,(H,13,14)/t9-,10?/m1/s1. The molecule has 4 nitrogen and oxygen atoms in total. The van der Waals surface area contributed by atoms with Gasteiger partial charge in [0.25, 0.3) is 0 Å². The topological polar surface area (TPSA) is 64.3 Å². The first kappa shape index (κ1) is 12.5. The van der Waals surface area contributed by atoms with Gasteiger partial charge in [-0.1, -0.05) is 0 Å². The first-order chi connectivity index (χ1) is 7.22. The van der Waals surface area contributed by atoms with Gasteiger partial charge in [0.1, 0.15) is 0 Å². The Morgan fingerprint density at radius 2 is 2.40 bits per heavy atom. The third kappa shape index (κ3) is 5.14. The molecule has 1 aliphatic heterocycles. The number of hydrogen-bond donors (Lipinski definition) is 2. The number of nitrogens with one attached hydrogen (secondary N) is 1. The molecule has 15 heavy (non-hydrogen) atoms. The maximum absolute atomic E-state index is 11.4. The van der Waals surface area contributed by atoms with E-state index in [1.54, 1.807) is 0 Å². The first-order valence-corrected chi connectivity index (χ1v) is 5.83. The zero-order valence-electron chi connectivity index (χ0n) is 9.50. The minimum absolute atomic E-state index is 0.0739. The highest BCUT2D eigenvalue weighted by Crippen LogP contribution is 2.16. The highest BCUT2D eigenvalue weighted by Gasteiger charge is 2.15. The van der Waals surface area contributed by atoms with E-state index in [-0.39, 0.29) is 18.1 Å². The van der Waals surface area contributed by atoms with E-state index in [0.717, 1.165) is 25.9 Å². The summed E-state index contributed by atoms with van der Waals surface area (Å²) in [5.74, 6) is 0.0853. The Labute approximate surface area is 91.5 Å². The van der Waals surface area contributed by atoms with Crippen molar-refractivity contribution >= 4 is 5.91 Å². The molecular weight excluding hydrogens is 192 g/mol. The van der Waals surface area contributed by atoms with Crippen LogP contribution in [0.5, 0.6) is 0 Å². The Morgan fingerprint density at radius 3 is 3.00 bits per heavy atom. The van der Waals surface area contributed by atoms with Crippen molar-refractivity contribution in [2.45, 2.75) is 51.2 Å². The normalized spacial score (nSPS) is 23.5. The summed E-state index contributed by atoms with van der Waals surface area (Å²) in [5.41, 5.74) is 5.42. The molecule has 88 valence electrons. The number of carbonyl (C=O) groups excluding carboxylic acids is 1. The van der Waals surface area contributed by atoms with E-state index in [1.165, 1.54) is 6.42 Å². The van der Waals surface area contributed by atoms with Crippen LogP contribution < -0.4 is 11.1 Å². The number of rotatable bonds is 5. The van der Waals surface area contributed by atoms with E-state index in [2.05, 4.69) is 5.32 Å². The lowest BCUT2D eigenvalue weighted by Crippen LogP contribution is -2.38. The van der Waals surface area contributed by atoms with Crippen LogP contribution in [-0.4, -0.2) is 31.2 Å². The van der Waals surface area contributed by atoms with E-state index in [1.807, 2.05) is 6.92 Å². The molecule has 1 saturated heterocycles. The largest absolute Gasteiger partial charge is 0.378 e. The van der Waals surface area contributed by atoms with E-state index in [0.29, 0.717) is 13.0 Å². The smallest absolute Gasteiger partial charge is 0.220 e. The molecule has 1 aliphatic rings. The maximum atomic E-state index is 11.4. The van der Waals surface area contributed by atoms with Gasteiger partial charge in [-0.3, -0.25) is 4.79 Å². The molecule has 2 atom stereocenters. The summed E-state index contributed by atoms with van der Waals surface area (Å²) in [6.45, 7) is 3.26. The molecule has 0 aromatic heterocycles. The van der Waals surface area contributed by atoms with Gasteiger partial charge in [0, 0.05) is 25.6 Å². The Morgan fingerprint density at radius 1 is 1.60 bits per heavy atom. The molecule has 1 amide bonds. The van der Waals surface area contributed by atoms with Crippen molar-refractivity contribution in [2.24, 2.45) is 5.73 Å². The maximum Gasteiger partial charge on any atom is 0.220 e. The molecule has 0 aliphatic carbocycles. The van der Waals surface area contributed by atoms with Gasteiger partial charge in [0.05, 0.1) is 6.10 Å². The molecule has 0 aromatic rings. The van der Waals surface area contributed by atoms with Gasteiger partial charge < -0.3 is 15.8 Å². The van der Waals surface area contributed by atoms with Crippen LogP contribution in [0.15, 0.2) is 0 Å². The van der Waals surface area contributed by atoms with Crippen molar-refractivity contribution in [2.75, 3.05) is 13.2 Å². The number of nitrogens with two attached hydrogens (primary N) is 1. The Kier molecular flexibility index (Phi) is 5.65. The van der Waals surface area contributed by atoms with Gasteiger partial charge >= 0.3 is 0 Å². The summed E-state index contributed by atoms with van der Waals surface area (Å²) < 4.78 is 5.55. The zero-order chi connectivity index (χ0) is 11.1. The summed E-state index contributed by atoms with van der Waals surface area (Å²) in [5, 5.41) is 2.85. The summed E-state index contributed by atoms with van der Waals surface area (Å²) in [6, 6.07) is 0.0739. The molecule has 0 spiro atoms. The average molecular weight is 214 g/mol. The second-order valence-corrected chi connectivity index (χ2v) is 4.23. The zero-order valence-corrected chi connectivity index (χ0v) is 9.50. The van der Waals surface area contributed by atoms with E-state index in [4.69, 9.17) is 10.5 Å². The van der Waals surface area contributed by atoms with E-state index in [9.17, 15) is 4.79 Å². The molecule has 1 unspecified atom stereocenters. The summed E-state index contributed by atoms with van der Waals surface area (Å²) in [7, 11) is 0. The molecule has 1 heterocycles. The number of ether oxygens (including phenoxy) is 1. The van der Waals surface area contributed by atoms with Crippen LogP contribution >= 0.6 is 0 Å². The summed E-state index contributed by atoms with van der Waals surface area (Å²) in [4.78, 5) is 11.4. The van der Waals surface area contributed by atoms with E-state index < -0.39 is 0 Å². The SMILES string of the molecule is C[C@H](CN)NC(=O)CCC1CCCCO1. The first-order valence-electron chi connectivity index (χ1n) is 5.83. The Hall–Kier alpha value is -0.610. The van der Waals surface area contributed by atoms with Gasteiger partial charge in [-0.15, -0.1) is 0 Å². The lowest BCUT2D eigenvalue weighted by atomic mass is 10.0. The molecule has 0 radical (unpaired) electrons. The lowest BCUT2D eigenvalue weighted by molar-refractivity contribution is -0.122. The van der Waals surface area contributed by atoms with Crippen molar-refractivity contribution in [3.63, 3.8) is 0 Å². The molecular formula is C11H22N2O2. The van der Waals surface area contributed by atoms with Crippen molar-refractivity contribution in [3.8, 4) is 0 Å². The predicted molar refractivity (Wildman–Crippen MR) is 59.5 cm³/mol. The van der Waals surface area contributed by atoms with Crippen LogP contribution in [0.2, 0.25) is 0 Å². The number of hydrogen-bond acceptors (Lipinski definition) is 3. The Balaban J connectivity index is 2.10. The van der Waals surface area contributed by atoms with Gasteiger partial charge in [0.2, 0.25) is 5.91 Å². The van der Waals surface area contributed by atoms with Crippen LogP contribution in [-0.2, 0) is 9.53 Å². The van der Waals surface area contributed by atoms with Crippen molar-refractivity contribution in [1.82, 2.24) is 5.32 Å². The van der Waals surface area contributed by atoms with Gasteiger partial charge in [-0.05, 0) is 32.6 Å². The summed E-state index contributed by atoms with van der Waals surface area (Å²) in [6.07, 6.45) is 5.16. The van der Waals surface area contributed by atoms with Crippen LogP contribution in [0.4, 0.5) is 0 Å². The fourth-order valence-corrected chi connectivity index (χ4v) is 1.73. The van der Waals surface area contributed by atoms with Crippen LogP contribution in [0.3, 0.4) is 0 Å². The lowest BCUT2D eigenvalue weighted by Gasteiger charge is -2.22. The molecule has 0 saturated carbocycles. The van der Waals surface area contributed by atoms with Crippen molar-refractivity contribution in [3.05, 3.63) is 0 Å². The van der Waals surface area contributed by atoms with Gasteiger partial charge in [-0.2, -0.15) is 0 Å². The molecule has 1 rings (SSSR count). The quantitative estimate of drug-likeness (QED) is 0.711. The number of carbonyl (C=O) groups is 1. The molecule has 0 aromatic carbocycles. The van der Waals surface area contributed by atoms with Crippen molar-refractivity contribution in [1.29, 1.82) is 0 Å². The minimum atomic E-state index is 0.0739. The highest BCUT2D eigenvalue weighted by atomic mass is 16.5. The minimum Gasteiger partial charge on any atom is -0.378 e. The number of amides is 1. The predicted octanol–water partition coefficient (Wildman–Crippen LogP) is 0.799. The average Bonchev–Trinajstić information content (AvgIpc) is 2.27. The third-order valence-corrected chi connectivity index (χ3v) is 2.73. The summed E-state index contributed by atoms with van der Waals surface area (Å²) >= 11 is 0. The molecule has 3 N–H and O–H groups in total. The van der Waals surface area contributed by atoms with E-state index >= 15 is 0 Å². The second-order valence-electron chi connectivity index (χ2n) is 4.23. The van der Waals surface area contributed by atoms with Crippen LogP contribution in [0.1, 0.15) is 39.0 Å². The second kappa shape index (κ2) is 6.80. The van der Waals surface area contributed by atoms with Crippen LogP contribution in [0, 0.1) is 0 Å². The molecule has 1 fully saturated rings. The third-order valence-electron chi connectivity index (χ3n) is 2.73. The molecule has 4 heteroatoms. The van der Waals surface area contributed by atoms with Crippen molar-refractivity contribution < 1.29 is 9.53 Å². The fourth-order valence-electron chi connectivity index (χ4n) is 1.73. The van der Waals surface area contributed by atoms with Crippen LogP contribution in [0.25, 0.3) is 0 Å². The molecule has 0 bridgehead atoms. The fraction of sp³-hybridized carbons (Fsp3) is 0.909. The van der Waals surface area contributed by atoms with Gasteiger partial charge in [-0.25, -0.2) is 0 Å².